The second-order valence-corrected chi connectivity index (χ2v) is 4.33. The minimum absolute atomic E-state index is 0.255. The van der Waals surface area contributed by atoms with Gasteiger partial charge in [-0.25, -0.2) is 0 Å². The van der Waals surface area contributed by atoms with Crippen LogP contribution in [0.1, 0.15) is 42.7 Å². The fourth-order valence-corrected chi connectivity index (χ4v) is 2.40. The van der Waals surface area contributed by atoms with Gasteiger partial charge in [-0.3, -0.25) is 0 Å². The Kier molecular flexibility index (Phi) is 3.75. The Labute approximate surface area is 100 Å². The molecule has 0 spiro atoms. The minimum atomic E-state index is 0.255. The lowest BCUT2D eigenvalue weighted by Gasteiger charge is -2.09. The van der Waals surface area contributed by atoms with Crippen molar-refractivity contribution in [2.24, 2.45) is 10.3 Å². The smallest absolute Gasteiger partial charge is 0.131 e. The van der Waals surface area contributed by atoms with Crippen molar-refractivity contribution < 1.29 is 10.4 Å². The molecule has 1 aromatic carbocycles. The van der Waals surface area contributed by atoms with Crippen LogP contribution in [0.3, 0.4) is 0 Å². The van der Waals surface area contributed by atoms with Crippen molar-refractivity contribution in [3.8, 4) is 0 Å². The summed E-state index contributed by atoms with van der Waals surface area (Å²) in [5.41, 5.74) is 2.34. The van der Waals surface area contributed by atoms with Crippen molar-refractivity contribution in [3.63, 3.8) is 0 Å². The molecule has 2 N–H and O–H groups in total. The number of nitrogens with zero attached hydrogens (tertiary/aromatic N) is 2. The molecule has 0 amide bonds. The van der Waals surface area contributed by atoms with Crippen LogP contribution in [-0.4, -0.2) is 22.3 Å². The Morgan fingerprint density at radius 1 is 1.12 bits per heavy atom. The molecule has 0 unspecified atom stereocenters. The molecular formula is C13H16N2O2. The fourth-order valence-electron chi connectivity index (χ4n) is 2.40. The Hall–Kier alpha value is -1.84. The maximum atomic E-state index is 8.78. The van der Waals surface area contributed by atoms with Crippen molar-refractivity contribution in [1.82, 2.24) is 0 Å². The predicted octanol–water partition coefficient (Wildman–Crippen LogP) is 2.98. The van der Waals surface area contributed by atoms with Crippen LogP contribution in [0.4, 0.5) is 0 Å². The first-order chi connectivity index (χ1) is 8.35. The van der Waals surface area contributed by atoms with E-state index in [0.717, 1.165) is 11.8 Å². The molecule has 17 heavy (non-hydrogen) atoms. The van der Waals surface area contributed by atoms with Gasteiger partial charge in [0.25, 0.3) is 0 Å². The predicted molar refractivity (Wildman–Crippen MR) is 66.3 cm³/mol. The van der Waals surface area contributed by atoms with Crippen molar-refractivity contribution in [3.05, 3.63) is 35.4 Å². The summed E-state index contributed by atoms with van der Waals surface area (Å²) in [6, 6.07) is 7.90. The third-order valence-corrected chi connectivity index (χ3v) is 3.32. The van der Waals surface area contributed by atoms with Crippen molar-refractivity contribution >= 4 is 11.9 Å². The van der Waals surface area contributed by atoms with Gasteiger partial charge in [-0.2, -0.15) is 0 Å². The van der Waals surface area contributed by atoms with E-state index in [-0.39, 0.29) is 5.71 Å². The van der Waals surface area contributed by atoms with Crippen molar-refractivity contribution in [1.29, 1.82) is 0 Å². The zero-order chi connectivity index (χ0) is 12.1. The highest BCUT2D eigenvalue weighted by Gasteiger charge is 2.16. The quantitative estimate of drug-likeness (QED) is 0.478. The lowest BCUT2D eigenvalue weighted by molar-refractivity contribution is 0.316. The first-order valence-corrected chi connectivity index (χ1v) is 5.85. The standard InChI is InChI=1S/C13H16N2O2/c16-14-9-13(15-17)12-7-5-11(6-8-12)10-3-1-2-4-10/h5-10,16-17H,1-4H2/b14-9+,15-13-. The molecule has 2 rings (SSSR count). The van der Waals surface area contributed by atoms with E-state index in [1.54, 1.807) is 0 Å². The molecule has 1 aliphatic rings. The Bertz CT molecular complexity index is 418. The number of oxime groups is 2. The Morgan fingerprint density at radius 3 is 2.29 bits per heavy atom. The first kappa shape index (κ1) is 11.6. The highest BCUT2D eigenvalue weighted by Crippen LogP contribution is 2.33. The molecule has 0 atom stereocenters. The van der Waals surface area contributed by atoms with E-state index in [2.05, 4.69) is 22.4 Å². The van der Waals surface area contributed by atoms with Gasteiger partial charge in [0, 0.05) is 5.56 Å². The average Bonchev–Trinajstić information content (AvgIpc) is 2.90. The van der Waals surface area contributed by atoms with Gasteiger partial charge in [-0.15, -0.1) is 0 Å². The zero-order valence-electron chi connectivity index (χ0n) is 9.58. The van der Waals surface area contributed by atoms with E-state index < -0.39 is 0 Å². The van der Waals surface area contributed by atoms with Crippen LogP contribution in [0.2, 0.25) is 0 Å². The van der Waals surface area contributed by atoms with Crippen molar-refractivity contribution in [2.75, 3.05) is 0 Å². The van der Waals surface area contributed by atoms with E-state index >= 15 is 0 Å². The second kappa shape index (κ2) is 5.48. The van der Waals surface area contributed by atoms with E-state index in [1.165, 1.54) is 31.2 Å². The second-order valence-electron chi connectivity index (χ2n) is 4.33. The van der Waals surface area contributed by atoms with E-state index in [9.17, 15) is 0 Å². The molecule has 1 aromatic rings. The molecule has 0 aliphatic heterocycles. The third kappa shape index (κ3) is 2.64. The van der Waals surface area contributed by atoms with E-state index in [0.29, 0.717) is 5.92 Å². The molecule has 1 fully saturated rings. The lowest BCUT2D eigenvalue weighted by Crippen LogP contribution is -2.03. The van der Waals surface area contributed by atoms with Gasteiger partial charge in [0.05, 0.1) is 6.21 Å². The van der Waals surface area contributed by atoms with Gasteiger partial charge >= 0.3 is 0 Å². The monoisotopic (exact) mass is 232 g/mol. The molecule has 0 bridgehead atoms. The van der Waals surface area contributed by atoms with Crippen LogP contribution in [0.15, 0.2) is 34.6 Å². The Morgan fingerprint density at radius 2 is 1.76 bits per heavy atom. The molecule has 0 aromatic heterocycles. The molecule has 0 radical (unpaired) electrons. The van der Waals surface area contributed by atoms with E-state index in [4.69, 9.17) is 10.4 Å². The summed E-state index contributed by atoms with van der Waals surface area (Å²) in [6.45, 7) is 0. The zero-order valence-corrected chi connectivity index (χ0v) is 9.58. The third-order valence-electron chi connectivity index (χ3n) is 3.32. The highest BCUT2D eigenvalue weighted by molar-refractivity contribution is 6.37. The van der Waals surface area contributed by atoms with Crippen molar-refractivity contribution in [2.45, 2.75) is 31.6 Å². The van der Waals surface area contributed by atoms with Crippen LogP contribution >= 0.6 is 0 Å². The van der Waals surface area contributed by atoms with Gasteiger partial charge in [-0.1, -0.05) is 47.4 Å². The van der Waals surface area contributed by atoms with Gasteiger partial charge in [-0.05, 0) is 24.3 Å². The molecule has 1 aliphatic carbocycles. The normalized spacial score (nSPS) is 18.0. The van der Waals surface area contributed by atoms with Gasteiger partial charge in [0.15, 0.2) is 0 Å². The maximum Gasteiger partial charge on any atom is 0.131 e. The van der Waals surface area contributed by atoms with Crippen LogP contribution in [0, 0.1) is 0 Å². The number of rotatable bonds is 3. The average molecular weight is 232 g/mol. The van der Waals surface area contributed by atoms with E-state index in [1.807, 2.05) is 12.1 Å². The van der Waals surface area contributed by atoms with Crippen LogP contribution in [-0.2, 0) is 0 Å². The molecule has 0 heterocycles. The largest absolute Gasteiger partial charge is 0.411 e. The van der Waals surface area contributed by atoms with Gasteiger partial charge in [0.2, 0.25) is 0 Å². The summed E-state index contributed by atoms with van der Waals surface area (Å²) in [7, 11) is 0. The lowest BCUT2D eigenvalue weighted by atomic mass is 9.96. The van der Waals surface area contributed by atoms with Gasteiger partial charge in [0.1, 0.15) is 5.71 Å². The summed E-state index contributed by atoms with van der Waals surface area (Å²) in [6.07, 6.45) is 6.27. The summed E-state index contributed by atoms with van der Waals surface area (Å²) < 4.78 is 0. The number of hydrogen-bond donors (Lipinski definition) is 2. The number of hydrogen-bond acceptors (Lipinski definition) is 4. The summed E-state index contributed by atoms with van der Waals surface area (Å²) in [5, 5.41) is 23.2. The SMILES string of the molecule is O/N=C/C(=N/O)c1ccc(C2CCCC2)cc1. The first-order valence-electron chi connectivity index (χ1n) is 5.85. The fraction of sp³-hybridized carbons (Fsp3) is 0.385. The molecule has 1 saturated carbocycles. The highest BCUT2D eigenvalue weighted by atomic mass is 16.4. The summed E-state index contributed by atoms with van der Waals surface area (Å²) in [5.74, 6) is 0.671. The van der Waals surface area contributed by atoms with Crippen LogP contribution in [0.25, 0.3) is 0 Å². The van der Waals surface area contributed by atoms with Crippen LogP contribution in [0.5, 0.6) is 0 Å². The topological polar surface area (TPSA) is 65.2 Å². The maximum absolute atomic E-state index is 8.78. The molecule has 4 heteroatoms. The van der Waals surface area contributed by atoms with Gasteiger partial charge < -0.3 is 10.4 Å². The summed E-state index contributed by atoms with van der Waals surface area (Å²) in [4.78, 5) is 0. The molecule has 0 saturated heterocycles. The minimum Gasteiger partial charge on any atom is -0.411 e. The molecular weight excluding hydrogens is 216 g/mol. The molecule has 4 nitrogen and oxygen atoms in total. The summed E-state index contributed by atoms with van der Waals surface area (Å²) >= 11 is 0. The molecule has 90 valence electrons. The number of benzene rings is 1. The van der Waals surface area contributed by atoms with Crippen LogP contribution < -0.4 is 0 Å². The Balaban J connectivity index is 2.17.